The first-order valence-electron chi connectivity index (χ1n) is 8.19. The Balaban J connectivity index is 1.50. The molecule has 0 amide bonds. The largest absolute Gasteiger partial charge is 0.489 e. The molecule has 2 heterocycles. The van der Waals surface area contributed by atoms with Crippen molar-refractivity contribution in [1.82, 2.24) is 9.88 Å². The van der Waals surface area contributed by atoms with E-state index >= 15 is 0 Å². The summed E-state index contributed by atoms with van der Waals surface area (Å²) in [6.45, 7) is 2.71. The molecule has 1 fully saturated rings. The number of aromatic amines is 1. The zero-order valence-electron chi connectivity index (χ0n) is 13.6. The van der Waals surface area contributed by atoms with Crippen molar-refractivity contribution in [3.05, 3.63) is 62.2 Å². The van der Waals surface area contributed by atoms with Crippen LogP contribution in [0.25, 0.3) is 0 Å². The topological polar surface area (TPSA) is 45.3 Å². The van der Waals surface area contributed by atoms with Gasteiger partial charge in [-0.15, -0.1) is 0 Å². The molecule has 25 heavy (non-hydrogen) atoms. The lowest BCUT2D eigenvalue weighted by Crippen LogP contribution is -2.36. The van der Waals surface area contributed by atoms with Crippen molar-refractivity contribution in [2.45, 2.75) is 19.4 Å². The number of aromatic nitrogens is 1. The van der Waals surface area contributed by atoms with Gasteiger partial charge in [-0.2, -0.15) is 0 Å². The number of piperidine rings is 1. The minimum absolute atomic E-state index is 0.107. The highest BCUT2D eigenvalue weighted by molar-refractivity contribution is 6.32. The molecule has 0 unspecified atom stereocenters. The van der Waals surface area contributed by atoms with Gasteiger partial charge in [0.15, 0.2) is 11.6 Å². The summed E-state index contributed by atoms with van der Waals surface area (Å²) in [6, 6.07) is 6.22. The highest BCUT2D eigenvalue weighted by atomic mass is 35.5. The molecule has 4 nitrogen and oxygen atoms in total. The fourth-order valence-electron chi connectivity index (χ4n) is 2.99. The Morgan fingerprint density at radius 1 is 1.28 bits per heavy atom. The second-order valence-electron chi connectivity index (χ2n) is 6.25. The van der Waals surface area contributed by atoms with Crippen LogP contribution in [0.15, 0.2) is 35.3 Å². The fourth-order valence-corrected chi connectivity index (χ4v) is 3.40. The Bertz CT molecular complexity index is 769. The van der Waals surface area contributed by atoms with Gasteiger partial charge in [0.05, 0.1) is 16.7 Å². The molecule has 134 valence electrons. The molecule has 7 heteroatoms. The van der Waals surface area contributed by atoms with E-state index < -0.39 is 5.82 Å². The predicted octanol–water partition coefficient (Wildman–Crippen LogP) is 4.11. The van der Waals surface area contributed by atoms with Gasteiger partial charge in [-0.3, -0.25) is 9.69 Å². The Kier molecular flexibility index (Phi) is 5.99. The SMILES string of the molecule is O=c1[nH]cc(Cl)cc1CN1CCC(COc2c(F)cccc2Cl)CC1. The van der Waals surface area contributed by atoms with E-state index in [0.717, 1.165) is 25.9 Å². The van der Waals surface area contributed by atoms with E-state index in [-0.39, 0.29) is 16.3 Å². The number of pyridine rings is 1. The van der Waals surface area contributed by atoms with Crippen LogP contribution in [0.2, 0.25) is 10.0 Å². The lowest BCUT2D eigenvalue weighted by Gasteiger charge is -2.31. The second kappa shape index (κ2) is 8.21. The van der Waals surface area contributed by atoms with Gasteiger partial charge in [0, 0.05) is 18.3 Å². The number of para-hydroxylation sites is 1. The molecule has 0 aliphatic carbocycles. The first-order valence-corrected chi connectivity index (χ1v) is 8.95. The smallest absolute Gasteiger partial charge is 0.252 e. The van der Waals surface area contributed by atoms with Crippen molar-refractivity contribution in [3.63, 3.8) is 0 Å². The van der Waals surface area contributed by atoms with Gasteiger partial charge in [-0.25, -0.2) is 4.39 Å². The van der Waals surface area contributed by atoms with Gasteiger partial charge in [0.2, 0.25) is 0 Å². The van der Waals surface area contributed by atoms with Crippen molar-refractivity contribution < 1.29 is 9.13 Å². The summed E-state index contributed by atoms with van der Waals surface area (Å²) in [7, 11) is 0. The van der Waals surface area contributed by atoms with E-state index in [4.69, 9.17) is 27.9 Å². The maximum atomic E-state index is 13.7. The number of ether oxygens (including phenoxy) is 1. The Hall–Kier alpha value is -1.56. The number of halogens is 3. The Morgan fingerprint density at radius 3 is 2.76 bits per heavy atom. The first-order chi connectivity index (χ1) is 12.0. The molecule has 1 aliphatic rings. The first kappa shape index (κ1) is 18.2. The summed E-state index contributed by atoms with van der Waals surface area (Å²) in [5.74, 6) is 0.0201. The summed E-state index contributed by atoms with van der Waals surface area (Å²) >= 11 is 11.9. The zero-order chi connectivity index (χ0) is 17.8. The fraction of sp³-hybridized carbons (Fsp3) is 0.389. The van der Waals surface area contributed by atoms with Crippen molar-refractivity contribution in [3.8, 4) is 5.75 Å². The second-order valence-corrected chi connectivity index (χ2v) is 7.10. The molecule has 0 atom stereocenters. The van der Waals surface area contributed by atoms with E-state index in [1.807, 2.05) is 0 Å². The van der Waals surface area contributed by atoms with Crippen LogP contribution >= 0.6 is 23.2 Å². The summed E-state index contributed by atoms with van der Waals surface area (Å²) < 4.78 is 19.3. The van der Waals surface area contributed by atoms with Crippen LogP contribution < -0.4 is 10.3 Å². The van der Waals surface area contributed by atoms with Gasteiger partial charge in [-0.1, -0.05) is 29.3 Å². The van der Waals surface area contributed by atoms with Crippen LogP contribution in [0.5, 0.6) is 5.75 Å². The third-order valence-electron chi connectivity index (χ3n) is 4.43. The number of nitrogens with one attached hydrogen (secondary N) is 1. The zero-order valence-corrected chi connectivity index (χ0v) is 15.1. The van der Waals surface area contributed by atoms with Crippen molar-refractivity contribution >= 4 is 23.2 Å². The van der Waals surface area contributed by atoms with E-state index in [9.17, 15) is 9.18 Å². The molecule has 1 aromatic carbocycles. The van der Waals surface area contributed by atoms with E-state index in [0.29, 0.717) is 29.7 Å². The molecule has 0 bridgehead atoms. The maximum Gasteiger partial charge on any atom is 0.252 e. The van der Waals surface area contributed by atoms with Gasteiger partial charge in [0.25, 0.3) is 5.56 Å². The average molecular weight is 385 g/mol. The van der Waals surface area contributed by atoms with E-state index in [2.05, 4.69) is 9.88 Å². The van der Waals surface area contributed by atoms with Crippen LogP contribution in [0.1, 0.15) is 18.4 Å². The summed E-state index contributed by atoms with van der Waals surface area (Å²) in [4.78, 5) is 16.7. The molecular weight excluding hydrogens is 366 g/mol. The Labute approximate surface area is 155 Å². The quantitative estimate of drug-likeness (QED) is 0.843. The average Bonchev–Trinajstić information content (AvgIpc) is 2.59. The third-order valence-corrected chi connectivity index (χ3v) is 4.94. The summed E-state index contributed by atoms with van der Waals surface area (Å²) in [5, 5.41) is 0.817. The molecule has 1 N–H and O–H groups in total. The molecule has 1 aliphatic heterocycles. The Morgan fingerprint density at radius 2 is 2.04 bits per heavy atom. The highest BCUT2D eigenvalue weighted by Gasteiger charge is 2.21. The number of hydrogen-bond donors (Lipinski definition) is 1. The van der Waals surface area contributed by atoms with E-state index in [1.165, 1.54) is 12.3 Å². The molecule has 0 saturated carbocycles. The van der Waals surface area contributed by atoms with Crippen LogP contribution in [-0.4, -0.2) is 29.6 Å². The number of hydrogen-bond acceptors (Lipinski definition) is 3. The van der Waals surface area contributed by atoms with Gasteiger partial charge in [0.1, 0.15) is 0 Å². The molecule has 0 spiro atoms. The lowest BCUT2D eigenvalue weighted by atomic mass is 9.97. The van der Waals surface area contributed by atoms with E-state index in [1.54, 1.807) is 18.2 Å². The van der Waals surface area contributed by atoms with Crippen LogP contribution in [0, 0.1) is 11.7 Å². The van der Waals surface area contributed by atoms with Crippen molar-refractivity contribution in [2.24, 2.45) is 5.92 Å². The number of H-pyrrole nitrogens is 1. The molecule has 2 aromatic rings. The van der Waals surface area contributed by atoms with Crippen molar-refractivity contribution in [1.29, 1.82) is 0 Å². The molecule has 3 rings (SSSR count). The molecule has 1 aromatic heterocycles. The summed E-state index contributed by atoms with van der Waals surface area (Å²) in [6.07, 6.45) is 3.33. The number of nitrogens with zero attached hydrogens (tertiary/aromatic N) is 1. The monoisotopic (exact) mass is 384 g/mol. The van der Waals surface area contributed by atoms with Crippen molar-refractivity contribution in [2.75, 3.05) is 19.7 Å². The van der Waals surface area contributed by atoms with Gasteiger partial charge < -0.3 is 9.72 Å². The standard InChI is InChI=1S/C18H19Cl2FN2O2/c19-14-8-13(18(24)22-9-14)10-23-6-4-12(5-7-23)11-25-17-15(20)2-1-3-16(17)21/h1-3,8-9,12H,4-7,10-11H2,(H,22,24). The lowest BCUT2D eigenvalue weighted by molar-refractivity contribution is 0.134. The molecule has 1 saturated heterocycles. The predicted molar refractivity (Wildman–Crippen MR) is 97.0 cm³/mol. The van der Waals surface area contributed by atoms with Crippen LogP contribution in [-0.2, 0) is 6.54 Å². The minimum Gasteiger partial charge on any atom is -0.489 e. The maximum absolute atomic E-state index is 13.7. The van der Waals surface area contributed by atoms with Gasteiger partial charge in [-0.05, 0) is 50.0 Å². The molecular formula is C18H19Cl2FN2O2. The number of benzene rings is 1. The van der Waals surface area contributed by atoms with Crippen LogP contribution in [0.4, 0.5) is 4.39 Å². The minimum atomic E-state index is -0.440. The number of likely N-dealkylation sites (tertiary alicyclic amines) is 1. The third kappa shape index (κ3) is 4.75. The highest BCUT2D eigenvalue weighted by Crippen LogP contribution is 2.29. The normalized spacial score (nSPS) is 16.1. The molecule has 0 radical (unpaired) electrons. The number of rotatable bonds is 5. The van der Waals surface area contributed by atoms with Crippen LogP contribution in [0.3, 0.4) is 0 Å². The van der Waals surface area contributed by atoms with Gasteiger partial charge >= 0.3 is 0 Å². The summed E-state index contributed by atoms with van der Waals surface area (Å²) in [5.41, 5.74) is 0.560.